The number of hydrogen-bond donors (Lipinski definition) is 0. The third kappa shape index (κ3) is 6.67. The lowest BCUT2D eigenvalue weighted by molar-refractivity contribution is 0.304. The molecule has 30 heavy (non-hydrogen) atoms. The van der Waals surface area contributed by atoms with Crippen molar-refractivity contribution in [2.24, 2.45) is 0 Å². The zero-order valence-corrected chi connectivity index (χ0v) is 19.3. The molecule has 3 aromatic carbocycles. The van der Waals surface area contributed by atoms with Crippen molar-refractivity contribution in [3.63, 3.8) is 0 Å². The Morgan fingerprint density at radius 2 is 1.20 bits per heavy atom. The molecule has 0 aliphatic rings. The van der Waals surface area contributed by atoms with Crippen molar-refractivity contribution in [2.75, 3.05) is 11.5 Å². The number of halogens is 1. The van der Waals surface area contributed by atoms with Crippen LogP contribution in [0.5, 0.6) is 5.75 Å². The largest absolute Gasteiger partial charge is 0.494 e. The van der Waals surface area contributed by atoms with E-state index in [9.17, 15) is 0 Å². The summed E-state index contributed by atoms with van der Waals surface area (Å²) in [6.45, 7) is 3.03. The van der Waals surface area contributed by atoms with Gasteiger partial charge in [-0.3, -0.25) is 0 Å². The van der Waals surface area contributed by atoms with Gasteiger partial charge in [0, 0.05) is 21.5 Å². The van der Waals surface area contributed by atoms with Gasteiger partial charge in [0.2, 0.25) is 0 Å². The Kier molecular flexibility index (Phi) is 8.89. The van der Waals surface area contributed by atoms with Crippen LogP contribution in [0.4, 0.5) is 17.1 Å². The van der Waals surface area contributed by atoms with Crippen molar-refractivity contribution < 1.29 is 4.74 Å². The minimum Gasteiger partial charge on any atom is -0.494 e. The van der Waals surface area contributed by atoms with Gasteiger partial charge in [-0.05, 0) is 67.1 Å². The Labute approximate surface area is 190 Å². The second-order valence-corrected chi connectivity index (χ2v) is 8.43. The van der Waals surface area contributed by atoms with E-state index in [1.807, 2.05) is 24.3 Å². The summed E-state index contributed by atoms with van der Waals surface area (Å²) in [7, 11) is 5.89. The first kappa shape index (κ1) is 22.5. The number of ether oxygens (including phenoxy) is 1. The van der Waals surface area contributed by atoms with Gasteiger partial charge in [0.05, 0.1) is 6.61 Å². The summed E-state index contributed by atoms with van der Waals surface area (Å²) in [5.74, 6) is 0.917. The molecular weight excluding hydrogens is 433 g/mol. The van der Waals surface area contributed by atoms with Crippen molar-refractivity contribution in [2.45, 2.75) is 45.4 Å². The smallest absolute Gasteiger partial charge is 0.119 e. The minimum absolute atomic E-state index is 0.757. The van der Waals surface area contributed by atoms with Gasteiger partial charge in [0.25, 0.3) is 0 Å². The molecular formula is C26H29BBrNO. The van der Waals surface area contributed by atoms with Crippen LogP contribution in [0.1, 0.15) is 45.4 Å². The van der Waals surface area contributed by atoms with Crippen molar-refractivity contribution in [1.82, 2.24) is 0 Å². The molecule has 0 bridgehead atoms. The summed E-state index contributed by atoms with van der Waals surface area (Å²) in [5, 5.41) is 0. The topological polar surface area (TPSA) is 12.5 Å². The molecule has 0 aliphatic carbocycles. The normalized spacial score (nSPS) is 10.7. The highest BCUT2D eigenvalue weighted by molar-refractivity contribution is 9.10. The molecule has 0 atom stereocenters. The van der Waals surface area contributed by atoms with Gasteiger partial charge < -0.3 is 9.64 Å². The lowest BCUT2D eigenvalue weighted by Crippen LogP contribution is -2.11. The fourth-order valence-electron chi connectivity index (χ4n) is 3.42. The predicted octanol–water partition coefficient (Wildman–Crippen LogP) is 7.45. The zero-order chi connectivity index (χ0) is 21.2. The fourth-order valence-corrected chi connectivity index (χ4v) is 3.69. The number of hydrogen-bond acceptors (Lipinski definition) is 2. The van der Waals surface area contributed by atoms with E-state index in [0.717, 1.165) is 45.8 Å². The first-order valence-corrected chi connectivity index (χ1v) is 11.6. The van der Waals surface area contributed by atoms with E-state index in [2.05, 4.69) is 76.3 Å². The number of nitrogens with zero attached hydrogens (tertiary/aromatic N) is 1. The van der Waals surface area contributed by atoms with Gasteiger partial charge in [0.1, 0.15) is 13.6 Å². The fraction of sp³-hybridized carbons (Fsp3) is 0.308. The summed E-state index contributed by atoms with van der Waals surface area (Å²) in [6, 6.07) is 24.6. The molecule has 0 amide bonds. The van der Waals surface area contributed by atoms with E-state index >= 15 is 0 Å². The molecule has 0 aromatic heterocycles. The second-order valence-electron chi connectivity index (χ2n) is 7.51. The Morgan fingerprint density at radius 3 is 1.80 bits per heavy atom. The molecule has 0 spiro atoms. The number of benzene rings is 3. The first-order chi connectivity index (χ1) is 14.7. The van der Waals surface area contributed by atoms with E-state index in [4.69, 9.17) is 12.6 Å². The molecule has 0 heterocycles. The maximum Gasteiger partial charge on any atom is 0.119 e. The number of anilines is 3. The van der Waals surface area contributed by atoms with Gasteiger partial charge in [-0.15, -0.1) is 0 Å². The van der Waals surface area contributed by atoms with E-state index < -0.39 is 0 Å². The van der Waals surface area contributed by atoms with Gasteiger partial charge in [0.15, 0.2) is 0 Å². The third-order valence-electron chi connectivity index (χ3n) is 5.10. The second kappa shape index (κ2) is 11.9. The average molecular weight is 462 g/mol. The summed E-state index contributed by atoms with van der Waals surface area (Å²) in [4.78, 5) is 2.21. The quantitative estimate of drug-likeness (QED) is 0.217. The Hall–Kier alpha value is -2.20. The predicted molar refractivity (Wildman–Crippen MR) is 133 cm³/mol. The van der Waals surface area contributed by atoms with Crippen LogP contribution in [0.2, 0.25) is 0 Å². The molecule has 3 aromatic rings. The highest BCUT2D eigenvalue weighted by Gasteiger charge is 2.12. The molecule has 154 valence electrons. The number of rotatable bonds is 11. The van der Waals surface area contributed by atoms with Crippen LogP contribution >= 0.6 is 15.9 Å². The lowest BCUT2D eigenvalue weighted by Gasteiger charge is -2.26. The maximum absolute atomic E-state index is 5.95. The Bertz CT molecular complexity index is 833. The van der Waals surface area contributed by atoms with E-state index in [1.165, 1.54) is 32.1 Å². The molecule has 4 heteroatoms. The molecule has 3 rings (SSSR count). The maximum atomic E-state index is 5.95. The highest BCUT2D eigenvalue weighted by Crippen LogP contribution is 2.35. The van der Waals surface area contributed by atoms with Crippen LogP contribution in [0, 0.1) is 0 Å². The molecule has 0 aliphatic heterocycles. The van der Waals surface area contributed by atoms with Crippen LogP contribution in [0.3, 0.4) is 0 Å². The zero-order valence-electron chi connectivity index (χ0n) is 17.7. The van der Waals surface area contributed by atoms with Crippen LogP contribution < -0.4 is 15.1 Å². The van der Waals surface area contributed by atoms with Crippen molar-refractivity contribution in [1.29, 1.82) is 0 Å². The Morgan fingerprint density at radius 1 is 0.700 bits per heavy atom. The summed E-state index contributed by atoms with van der Waals surface area (Å²) >= 11 is 3.52. The SMILES string of the molecule is [B]c1ccc(N(c2ccc(Br)cc2)c2ccc(OCCCCCCCC)cc2)cc1. The van der Waals surface area contributed by atoms with Crippen molar-refractivity contribution in [3.8, 4) is 5.75 Å². The first-order valence-electron chi connectivity index (χ1n) is 10.8. The molecule has 0 saturated heterocycles. The summed E-state index contributed by atoms with van der Waals surface area (Å²) in [6.07, 6.45) is 7.62. The molecule has 0 fully saturated rings. The standard InChI is InChI=1S/C26H29BBrNO/c1-2-3-4-5-6-7-20-30-26-18-16-25(17-19-26)29(23-12-8-21(27)9-13-23)24-14-10-22(28)11-15-24/h8-19H,2-7,20H2,1H3. The van der Waals surface area contributed by atoms with Gasteiger partial charge in [-0.2, -0.15) is 0 Å². The highest BCUT2D eigenvalue weighted by atomic mass is 79.9. The van der Waals surface area contributed by atoms with Crippen molar-refractivity contribution >= 4 is 46.3 Å². The third-order valence-corrected chi connectivity index (χ3v) is 5.63. The van der Waals surface area contributed by atoms with Crippen LogP contribution in [-0.2, 0) is 0 Å². The van der Waals surface area contributed by atoms with Gasteiger partial charge >= 0.3 is 0 Å². The van der Waals surface area contributed by atoms with Crippen LogP contribution in [0.15, 0.2) is 77.3 Å². The number of unbranched alkanes of at least 4 members (excludes halogenated alkanes) is 5. The van der Waals surface area contributed by atoms with E-state index in [0.29, 0.717) is 0 Å². The Balaban J connectivity index is 1.68. The van der Waals surface area contributed by atoms with Crippen LogP contribution in [0.25, 0.3) is 0 Å². The lowest BCUT2D eigenvalue weighted by atomic mass is 9.96. The monoisotopic (exact) mass is 461 g/mol. The van der Waals surface area contributed by atoms with Crippen LogP contribution in [-0.4, -0.2) is 14.5 Å². The molecule has 0 N–H and O–H groups in total. The van der Waals surface area contributed by atoms with Crippen molar-refractivity contribution in [3.05, 3.63) is 77.3 Å². The van der Waals surface area contributed by atoms with E-state index in [1.54, 1.807) is 0 Å². The molecule has 0 saturated carbocycles. The molecule has 2 radical (unpaired) electrons. The van der Waals surface area contributed by atoms with E-state index in [-0.39, 0.29) is 0 Å². The summed E-state index contributed by atoms with van der Waals surface area (Å²) in [5.41, 5.74) is 3.98. The van der Waals surface area contributed by atoms with Gasteiger partial charge in [-0.1, -0.05) is 72.6 Å². The minimum atomic E-state index is 0.757. The molecule has 2 nitrogen and oxygen atoms in total. The molecule has 0 unspecified atom stereocenters. The van der Waals surface area contributed by atoms with Gasteiger partial charge in [-0.25, -0.2) is 0 Å². The average Bonchev–Trinajstić information content (AvgIpc) is 2.77. The summed E-state index contributed by atoms with van der Waals surface area (Å²) < 4.78 is 7.01.